The van der Waals surface area contributed by atoms with Crippen molar-refractivity contribution in [2.45, 2.75) is 17.1 Å². The van der Waals surface area contributed by atoms with Crippen LogP contribution in [-0.2, 0) is 4.79 Å². The van der Waals surface area contributed by atoms with Crippen molar-refractivity contribution in [3.63, 3.8) is 0 Å². The van der Waals surface area contributed by atoms with Gasteiger partial charge in [0.25, 0.3) is 0 Å². The Labute approximate surface area is 125 Å². The first-order chi connectivity index (χ1) is 9.15. The molecule has 2 aromatic rings. The quantitative estimate of drug-likeness (QED) is 0.829. The highest BCUT2D eigenvalue weighted by molar-refractivity contribution is 9.10. The number of rotatable bonds is 4. The van der Waals surface area contributed by atoms with Gasteiger partial charge < -0.3 is 5.32 Å². The molecule has 2 aromatic carbocycles. The summed E-state index contributed by atoms with van der Waals surface area (Å²) in [5.41, 5.74) is 0.814. The molecule has 0 saturated carbocycles. The molecule has 0 aliphatic carbocycles. The van der Waals surface area contributed by atoms with Crippen LogP contribution in [-0.4, -0.2) is 11.2 Å². The van der Waals surface area contributed by atoms with Crippen LogP contribution in [0.3, 0.4) is 0 Å². The normalized spacial score (nSPS) is 11.9. The maximum absolute atomic E-state index is 12.1. The van der Waals surface area contributed by atoms with E-state index in [0.29, 0.717) is 0 Å². The molecule has 0 fully saturated rings. The van der Waals surface area contributed by atoms with Crippen molar-refractivity contribution in [1.29, 1.82) is 0 Å². The Morgan fingerprint density at radius 1 is 1.11 bits per heavy atom. The van der Waals surface area contributed by atoms with Crippen LogP contribution in [0.5, 0.6) is 0 Å². The summed E-state index contributed by atoms with van der Waals surface area (Å²) in [6, 6.07) is 17.5. The Morgan fingerprint density at radius 2 is 1.74 bits per heavy atom. The molecule has 1 N–H and O–H groups in total. The number of nitrogens with one attached hydrogen (secondary N) is 1. The van der Waals surface area contributed by atoms with Crippen LogP contribution in [0, 0.1) is 0 Å². The number of benzene rings is 2. The Hall–Kier alpha value is -1.26. The van der Waals surface area contributed by atoms with Gasteiger partial charge in [-0.3, -0.25) is 4.79 Å². The number of carbonyl (C=O) groups is 1. The van der Waals surface area contributed by atoms with E-state index in [4.69, 9.17) is 0 Å². The molecule has 0 aliphatic heterocycles. The molecule has 0 saturated heterocycles. The fraction of sp³-hybridized carbons (Fsp3) is 0.133. The number of anilines is 1. The number of amides is 1. The number of carbonyl (C=O) groups excluding carboxylic acids is 1. The van der Waals surface area contributed by atoms with Crippen molar-refractivity contribution in [3.8, 4) is 0 Å². The average molecular weight is 336 g/mol. The van der Waals surface area contributed by atoms with Gasteiger partial charge in [0.15, 0.2) is 0 Å². The molecule has 0 aromatic heterocycles. The first-order valence-electron chi connectivity index (χ1n) is 5.93. The van der Waals surface area contributed by atoms with Crippen LogP contribution in [0.1, 0.15) is 6.92 Å². The van der Waals surface area contributed by atoms with Crippen molar-refractivity contribution >= 4 is 39.3 Å². The zero-order chi connectivity index (χ0) is 13.7. The number of hydrogen-bond acceptors (Lipinski definition) is 2. The van der Waals surface area contributed by atoms with Crippen molar-refractivity contribution < 1.29 is 4.79 Å². The molecule has 0 radical (unpaired) electrons. The molecule has 2 nitrogen and oxygen atoms in total. The molecule has 1 amide bonds. The third-order valence-corrected chi connectivity index (χ3v) is 4.18. The van der Waals surface area contributed by atoms with E-state index in [-0.39, 0.29) is 11.2 Å². The van der Waals surface area contributed by atoms with Crippen LogP contribution in [0.2, 0.25) is 0 Å². The summed E-state index contributed by atoms with van der Waals surface area (Å²) < 4.78 is 0.997. The van der Waals surface area contributed by atoms with E-state index in [1.807, 2.05) is 61.5 Å². The van der Waals surface area contributed by atoms with Crippen LogP contribution in [0.25, 0.3) is 0 Å². The summed E-state index contributed by atoms with van der Waals surface area (Å²) in [6.45, 7) is 1.91. The minimum Gasteiger partial charge on any atom is -0.325 e. The predicted octanol–water partition coefficient (Wildman–Crippen LogP) is 4.57. The Balaban J connectivity index is 1.94. The highest BCUT2D eigenvalue weighted by Crippen LogP contribution is 2.24. The zero-order valence-electron chi connectivity index (χ0n) is 10.5. The fourth-order valence-electron chi connectivity index (χ4n) is 1.53. The zero-order valence-corrected chi connectivity index (χ0v) is 12.9. The van der Waals surface area contributed by atoms with Crippen molar-refractivity contribution in [3.05, 3.63) is 59.1 Å². The lowest BCUT2D eigenvalue weighted by Gasteiger charge is -2.12. The van der Waals surface area contributed by atoms with Gasteiger partial charge in [-0.2, -0.15) is 0 Å². The second-order valence-corrected chi connectivity index (χ2v) is 6.40. The van der Waals surface area contributed by atoms with Crippen LogP contribution < -0.4 is 5.32 Å². The molecule has 19 heavy (non-hydrogen) atoms. The minimum atomic E-state index is -0.133. The smallest absolute Gasteiger partial charge is 0.237 e. The second-order valence-electron chi connectivity index (χ2n) is 4.07. The van der Waals surface area contributed by atoms with Crippen LogP contribution in [0.4, 0.5) is 5.69 Å². The van der Waals surface area contributed by atoms with Gasteiger partial charge >= 0.3 is 0 Å². The third kappa shape index (κ3) is 4.40. The lowest BCUT2D eigenvalue weighted by atomic mass is 10.3. The molecule has 98 valence electrons. The van der Waals surface area contributed by atoms with Crippen LogP contribution >= 0.6 is 27.7 Å². The average Bonchev–Trinajstić information content (AvgIpc) is 2.42. The SMILES string of the molecule is C[C@@H](Sc1ccccc1)C(=O)Nc1ccc(Br)cc1. The molecule has 4 heteroatoms. The van der Waals surface area contributed by atoms with Gasteiger partial charge in [-0.05, 0) is 43.3 Å². The minimum absolute atomic E-state index is 0.0103. The van der Waals surface area contributed by atoms with Crippen molar-refractivity contribution in [2.24, 2.45) is 0 Å². The maximum Gasteiger partial charge on any atom is 0.237 e. The van der Waals surface area contributed by atoms with Crippen LogP contribution in [0.15, 0.2) is 64.0 Å². The van der Waals surface area contributed by atoms with E-state index < -0.39 is 0 Å². The number of hydrogen-bond donors (Lipinski definition) is 1. The first kappa shape index (κ1) is 14.2. The van der Waals surface area contributed by atoms with E-state index >= 15 is 0 Å². The number of thioether (sulfide) groups is 1. The van der Waals surface area contributed by atoms with Gasteiger partial charge in [0.05, 0.1) is 5.25 Å². The van der Waals surface area contributed by atoms with Gasteiger partial charge in [0.1, 0.15) is 0 Å². The Morgan fingerprint density at radius 3 is 2.37 bits per heavy atom. The Bertz CT molecular complexity index is 542. The molecule has 2 rings (SSSR count). The third-order valence-electron chi connectivity index (χ3n) is 2.54. The fourth-order valence-corrected chi connectivity index (χ4v) is 2.69. The Kier molecular flexibility index (Phi) is 5.05. The predicted molar refractivity (Wildman–Crippen MR) is 84.5 cm³/mol. The highest BCUT2D eigenvalue weighted by atomic mass is 79.9. The highest BCUT2D eigenvalue weighted by Gasteiger charge is 2.14. The molecule has 0 aliphatic rings. The van der Waals surface area contributed by atoms with Gasteiger partial charge in [0.2, 0.25) is 5.91 Å². The lowest BCUT2D eigenvalue weighted by Crippen LogP contribution is -2.22. The molecule has 1 atom stereocenters. The first-order valence-corrected chi connectivity index (χ1v) is 7.60. The van der Waals surface area contributed by atoms with Crippen molar-refractivity contribution in [2.75, 3.05) is 5.32 Å². The van der Waals surface area contributed by atoms with E-state index in [9.17, 15) is 4.79 Å². The second kappa shape index (κ2) is 6.78. The summed E-state index contributed by atoms with van der Waals surface area (Å²) in [5.74, 6) is 0.0103. The van der Waals surface area contributed by atoms with E-state index in [0.717, 1.165) is 15.1 Å². The van der Waals surface area contributed by atoms with Crippen molar-refractivity contribution in [1.82, 2.24) is 0 Å². The molecular weight excluding hydrogens is 322 g/mol. The van der Waals surface area contributed by atoms with Gasteiger partial charge in [-0.15, -0.1) is 11.8 Å². The van der Waals surface area contributed by atoms with Gasteiger partial charge in [-0.1, -0.05) is 34.1 Å². The lowest BCUT2D eigenvalue weighted by molar-refractivity contribution is -0.115. The van der Waals surface area contributed by atoms with Gasteiger partial charge in [-0.25, -0.2) is 0 Å². The van der Waals surface area contributed by atoms with E-state index in [2.05, 4.69) is 21.2 Å². The molecule has 0 unspecified atom stereocenters. The maximum atomic E-state index is 12.1. The monoisotopic (exact) mass is 335 g/mol. The summed E-state index contributed by atoms with van der Waals surface area (Å²) >= 11 is 4.92. The molecule has 0 spiro atoms. The molecule has 0 heterocycles. The molecular formula is C15H14BrNOS. The van der Waals surface area contributed by atoms with E-state index in [1.165, 1.54) is 0 Å². The summed E-state index contributed by atoms with van der Waals surface area (Å²) in [4.78, 5) is 13.2. The summed E-state index contributed by atoms with van der Waals surface area (Å²) in [5, 5.41) is 2.78. The summed E-state index contributed by atoms with van der Waals surface area (Å²) in [6.07, 6.45) is 0. The standard InChI is InChI=1S/C15H14BrNOS/c1-11(19-14-5-3-2-4-6-14)15(18)17-13-9-7-12(16)8-10-13/h2-11H,1H3,(H,17,18)/t11-/m1/s1. The van der Waals surface area contributed by atoms with Gasteiger partial charge in [0, 0.05) is 15.1 Å². The molecule has 0 bridgehead atoms. The largest absolute Gasteiger partial charge is 0.325 e. The number of halogens is 1. The topological polar surface area (TPSA) is 29.1 Å². The summed E-state index contributed by atoms with van der Waals surface area (Å²) in [7, 11) is 0. The van der Waals surface area contributed by atoms with E-state index in [1.54, 1.807) is 11.8 Å².